The van der Waals surface area contributed by atoms with Crippen LogP contribution in [0.15, 0.2) is 46.3 Å². The van der Waals surface area contributed by atoms with Gasteiger partial charge in [-0.3, -0.25) is 14.9 Å². The molecule has 0 radical (unpaired) electrons. The number of carbonyl (C=O) groups excluding carboxylic acids is 1. The summed E-state index contributed by atoms with van der Waals surface area (Å²) in [6.45, 7) is 3.85. The van der Waals surface area contributed by atoms with E-state index < -0.39 is 11.0 Å². The Morgan fingerprint density at radius 3 is 2.77 bits per heavy atom. The monoisotopic (exact) mass is 372 g/mol. The lowest BCUT2D eigenvalue weighted by Gasteiger charge is -2.17. The van der Waals surface area contributed by atoms with Crippen molar-refractivity contribution in [2.45, 2.75) is 19.9 Å². The van der Waals surface area contributed by atoms with Crippen LogP contribution in [0.5, 0.6) is 0 Å². The second-order valence-corrected chi connectivity index (χ2v) is 6.88. The van der Waals surface area contributed by atoms with Gasteiger partial charge in [0, 0.05) is 17.7 Å². The predicted octanol–water partition coefficient (Wildman–Crippen LogP) is 3.83. The number of hydrogen-bond acceptors (Lipinski definition) is 7. The number of thiophene rings is 1. The molecular weight excluding hydrogens is 356 g/mol. The Bertz CT molecular complexity index is 921. The molecule has 1 N–H and O–H groups in total. The van der Waals surface area contributed by atoms with E-state index in [0.717, 1.165) is 0 Å². The van der Waals surface area contributed by atoms with Crippen LogP contribution in [0.25, 0.3) is 11.4 Å². The summed E-state index contributed by atoms with van der Waals surface area (Å²) in [7, 11) is 0. The van der Waals surface area contributed by atoms with E-state index in [9.17, 15) is 14.9 Å². The number of nitrogens with one attached hydrogen (secondary N) is 1. The molecule has 0 spiro atoms. The van der Waals surface area contributed by atoms with Crippen LogP contribution in [0.3, 0.4) is 0 Å². The zero-order valence-electron chi connectivity index (χ0n) is 14.1. The fraction of sp³-hybridized carbons (Fsp3) is 0.235. The van der Waals surface area contributed by atoms with Crippen LogP contribution < -0.4 is 5.32 Å². The largest absolute Gasteiger partial charge is 0.339 e. The van der Waals surface area contributed by atoms with Crippen LogP contribution >= 0.6 is 11.3 Å². The smallest absolute Gasteiger partial charge is 0.270 e. The Kier molecular flexibility index (Phi) is 5.08. The van der Waals surface area contributed by atoms with Crippen LogP contribution in [-0.4, -0.2) is 21.0 Å². The molecule has 0 saturated carbocycles. The van der Waals surface area contributed by atoms with E-state index in [1.807, 2.05) is 19.2 Å². The average Bonchev–Trinajstić information content (AvgIpc) is 3.31. The minimum atomic E-state index is -0.483. The second kappa shape index (κ2) is 7.44. The first-order valence-corrected chi connectivity index (χ1v) is 8.76. The van der Waals surface area contributed by atoms with Crippen molar-refractivity contribution < 1.29 is 14.2 Å². The highest BCUT2D eigenvalue weighted by molar-refractivity contribution is 7.12. The lowest BCUT2D eigenvalue weighted by molar-refractivity contribution is -0.384. The van der Waals surface area contributed by atoms with Gasteiger partial charge in [0.1, 0.15) is 6.04 Å². The van der Waals surface area contributed by atoms with Gasteiger partial charge in [-0.15, -0.1) is 11.3 Å². The van der Waals surface area contributed by atoms with Crippen LogP contribution in [0.2, 0.25) is 0 Å². The highest BCUT2D eigenvalue weighted by atomic mass is 32.1. The Balaban J connectivity index is 1.85. The Labute approximate surface area is 153 Å². The molecule has 134 valence electrons. The van der Waals surface area contributed by atoms with Gasteiger partial charge in [-0.05, 0) is 17.4 Å². The van der Waals surface area contributed by atoms with E-state index in [-0.39, 0.29) is 29.2 Å². The molecule has 8 nitrogen and oxygen atoms in total. The van der Waals surface area contributed by atoms with Gasteiger partial charge >= 0.3 is 0 Å². The normalized spacial score (nSPS) is 12.1. The van der Waals surface area contributed by atoms with Gasteiger partial charge in [0.15, 0.2) is 0 Å². The molecular formula is C17H16N4O4S. The molecule has 0 fully saturated rings. The third-order valence-corrected chi connectivity index (χ3v) is 4.59. The molecule has 9 heteroatoms. The molecule has 0 saturated heterocycles. The topological polar surface area (TPSA) is 111 Å². The Hall–Kier alpha value is -3.07. The van der Waals surface area contributed by atoms with Gasteiger partial charge in [0.05, 0.1) is 9.80 Å². The highest BCUT2D eigenvalue weighted by Crippen LogP contribution is 2.26. The second-order valence-electron chi connectivity index (χ2n) is 5.94. The zero-order valence-corrected chi connectivity index (χ0v) is 14.9. The van der Waals surface area contributed by atoms with E-state index in [1.165, 1.54) is 23.5 Å². The van der Waals surface area contributed by atoms with Crippen molar-refractivity contribution in [2.24, 2.45) is 5.92 Å². The van der Waals surface area contributed by atoms with Gasteiger partial charge in [-0.1, -0.05) is 37.2 Å². The van der Waals surface area contributed by atoms with Crippen LogP contribution in [0.1, 0.15) is 35.5 Å². The van der Waals surface area contributed by atoms with Crippen molar-refractivity contribution in [3.05, 3.63) is 62.7 Å². The fourth-order valence-electron chi connectivity index (χ4n) is 2.37. The van der Waals surface area contributed by atoms with E-state index in [1.54, 1.807) is 24.3 Å². The summed E-state index contributed by atoms with van der Waals surface area (Å²) in [5.74, 6) is 0.289. The van der Waals surface area contributed by atoms with Gasteiger partial charge in [0.25, 0.3) is 11.6 Å². The summed E-state index contributed by atoms with van der Waals surface area (Å²) in [4.78, 5) is 27.7. The number of rotatable bonds is 6. The SMILES string of the molecule is CC(C)[C@@H](NC(=O)c1cccs1)c1nc(-c2cccc([N+](=O)[O-])c2)no1. The molecule has 3 aromatic rings. The summed E-state index contributed by atoms with van der Waals surface area (Å²) < 4.78 is 5.32. The van der Waals surface area contributed by atoms with Crippen molar-refractivity contribution >= 4 is 22.9 Å². The molecule has 0 bridgehead atoms. The number of nitrogens with zero attached hydrogens (tertiary/aromatic N) is 3. The molecule has 1 aromatic carbocycles. The molecule has 1 atom stereocenters. The minimum Gasteiger partial charge on any atom is -0.339 e. The molecule has 0 aliphatic carbocycles. The van der Waals surface area contributed by atoms with Gasteiger partial charge in [-0.25, -0.2) is 0 Å². The molecule has 3 rings (SSSR count). The lowest BCUT2D eigenvalue weighted by atomic mass is 10.0. The number of nitro groups is 1. The van der Waals surface area contributed by atoms with E-state index in [4.69, 9.17) is 4.52 Å². The number of hydrogen-bond donors (Lipinski definition) is 1. The number of benzene rings is 1. The Morgan fingerprint density at radius 2 is 2.12 bits per heavy atom. The third-order valence-electron chi connectivity index (χ3n) is 3.72. The maximum absolute atomic E-state index is 12.3. The summed E-state index contributed by atoms with van der Waals surface area (Å²) in [5.41, 5.74) is 0.418. The van der Waals surface area contributed by atoms with Gasteiger partial charge in [-0.2, -0.15) is 4.98 Å². The van der Waals surface area contributed by atoms with Crippen molar-refractivity contribution in [3.8, 4) is 11.4 Å². The standard InChI is InChI=1S/C17H16N4O4S/c1-10(2)14(18-16(22)13-7-4-8-26-13)17-19-15(20-25-17)11-5-3-6-12(9-11)21(23)24/h3-10,14H,1-2H3,(H,18,22)/t14-/m1/s1. The van der Waals surface area contributed by atoms with Crippen LogP contribution in [0.4, 0.5) is 5.69 Å². The van der Waals surface area contributed by atoms with Crippen molar-refractivity contribution in [3.63, 3.8) is 0 Å². The number of amides is 1. The minimum absolute atomic E-state index is 0.0114. The number of aromatic nitrogens is 2. The van der Waals surface area contributed by atoms with Crippen LogP contribution in [0, 0.1) is 16.0 Å². The first-order valence-electron chi connectivity index (χ1n) is 7.88. The number of carbonyl (C=O) groups is 1. The molecule has 0 aliphatic rings. The average molecular weight is 372 g/mol. The van der Waals surface area contributed by atoms with Crippen molar-refractivity contribution in [1.82, 2.24) is 15.5 Å². The molecule has 2 heterocycles. The zero-order chi connectivity index (χ0) is 18.7. The van der Waals surface area contributed by atoms with Crippen LogP contribution in [-0.2, 0) is 0 Å². The Morgan fingerprint density at radius 1 is 1.31 bits per heavy atom. The first-order chi connectivity index (χ1) is 12.5. The van der Waals surface area contributed by atoms with Gasteiger partial charge < -0.3 is 9.84 Å². The summed E-state index contributed by atoms with van der Waals surface area (Å²) in [5, 5.41) is 19.5. The summed E-state index contributed by atoms with van der Waals surface area (Å²) in [6.07, 6.45) is 0. The number of non-ortho nitro benzene ring substituents is 1. The molecule has 2 aromatic heterocycles. The maximum Gasteiger partial charge on any atom is 0.270 e. The quantitative estimate of drug-likeness (QED) is 0.520. The van der Waals surface area contributed by atoms with E-state index in [0.29, 0.717) is 10.4 Å². The molecule has 1 amide bonds. The highest BCUT2D eigenvalue weighted by Gasteiger charge is 2.26. The van der Waals surface area contributed by atoms with Crippen molar-refractivity contribution in [2.75, 3.05) is 0 Å². The van der Waals surface area contributed by atoms with Gasteiger partial charge in [0.2, 0.25) is 11.7 Å². The number of nitro benzene ring substituents is 1. The summed E-state index contributed by atoms with van der Waals surface area (Å²) in [6, 6.07) is 9.06. The van der Waals surface area contributed by atoms with E-state index in [2.05, 4.69) is 15.5 Å². The van der Waals surface area contributed by atoms with Crippen molar-refractivity contribution in [1.29, 1.82) is 0 Å². The maximum atomic E-state index is 12.3. The lowest BCUT2D eigenvalue weighted by Crippen LogP contribution is -2.31. The third kappa shape index (κ3) is 3.77. The summed E-state index contributed by atoms with van der Waals surface area (Å²) >= 11 is 1.34. The fourth-order valence-corrected chi connectivity index (χ4v) is 3.00. The molecule has 0 aliphatic heterocycles. The van der Waals surface area contributed by atoms with E-state index >= 15 is 0 Å². The predicted molar refractivity (Wildman–Crippen MR) is 95.8 cm³/mol. The molecule has 0 unspecified atom stereocenters. The molecule has 26 heavy (non-hydrogen) atoms. The first kappa shape index (κ1) is 17.7.